The molecule has 0 bridgehead atoms. The van der Waals surface area contributed by atoms with E-state index in [1.54, 1.807) is 7.11 Å². The lowest BCUT2D eigenvalue weighted by atomic mass is 9.99. The molecule has 0 saturated carbocycles. The summed E-state index contributed by atoms with van der Waals surface area (Å²) in [5.41, 5.74) is 2.65. The molecule has 0 aliphatic rings. The number of methoxy groups -OCH3 is 1. The van der Waals surface area contributed by atoms with Crippen molar-refractivity contribution >= 4 is 12.6 Å². The summed E-state index contributed by atoms with van der Waals surface area (Å²) in [6.07, 6.45) is 1.00. The molecule has 1 rings (SSSR count). The van der Waals surface area contributed by atoms with Gasteiger partial charge in [-0.1, -0.05) is 26.0 Å². The molecule has 0 N–H and O–H groups in total. The molecule has 17 heavy (non-hydrogen) atoms. The highest BCUT2D eigenvalue weighted by molar-refractivity contribution is 7.80. The molecule has 1 aromatic rings. The van der Waals surface area contributed by atoms with Gasteiger partial charge < -0.3 is 4.74 Å². The first kappa shape index (κ1) is 14.4. The Labute approximate surface area is 110 Å². The minimum atomic E-state index is 0.558. The number of benzene rings is 1. The molecule has 0 fully saturated rings. The average molecular weight is 253 g/mol. The van der Waals surface area contributed by atoms with Crippen molar-refractivity contribution in [3.05, 3.63) is 29.3 Å². The van der Waals surface area contributed by atoms with Gasteiger partial charge in [0.05, 0.1) is 7.11 Å². The molecule has 0 saturated heterocycles. The van der Waals surface area contributed by atoms with E-state index in [0.29, 0.717) is 5.92 Å². The van der Waals surface area contributed by atoms with Crippen molar-refractivity contribution in [1.29, 1.82) is 0 Å². The summed E-state index contributed by atoms with van der Waals surface area (Å²) < 4.78 is 5.41. The summed E-state index contributed by atoms with van der Waals surface area (Å²) >= 11 is 4.26. The standard InChI is InChI=1S/C14H23NOS/c1-11(2)12-5-6-14(16-4)13(9-12)7-8-15(3)10-17/h5-6,9,11,17H,7-8,10H2,1-4H3. The Morgan fingerprint density at radius 2 is 2.06 bits per heavy atom. The largest absolute Gasteiger partial charge is 0.496 e. The highest BCUT2D eigenvalue weighted by Gasteiger charge is 2.07. The molecule has 0 heterocycles. The number of thiol groups is 1. The van der Waals surface area contributed by atoms with Gasteiger partial charge in [0.25, 0.3) is 0 Å². The van der Waals surface area contributed by atoms with Crippen molar-refractivity contribution in [2.75, 3.05) is 26.6 Å². The first-order valence-electron chi connectivity index (χ1n) is 6.04. The Balaban J connectivity index is 2.82. The average Bonchev–Trinajstić information content (AvgIpc) is 2.35. The number of nitrogens with zero attached hydrogens (tertiary/aromatic N) is 1. The SMILES string of the molecule is COc1ccc(C(C)C)cc1CCN(C)CS. The first-order valence-corrected chi connectivity index (χ1v) is 6.68. The lowest BCUT2D eigenvalue weighted by Gasteiger charge is -2.16. The van der Waals surface area contributed by atoms with Crippen LogP contribution in [0.15, 0.2) is 18.2 Å². The molecule has 0 spiro atoms. The van der Waals surface area contributed by atoms with Crippen LogP contribution in [0.25, 0.3) is 0 Å². The van der Waals surface area contributed by atoms with Crippen LogP contribution in [-0.2, 0) is 6.42 Å². The Bertz CT molecular complexity index is 352. The number of hydrogen-bond donors (Lipinski definition) is 1. The van der Waals surface area contributed by atoms with Crippen molar-refractivity contribution in [1.82, 2.24) is 4.90 Å². The Morgan fingerprint density at radius 1 is 1.35 bits per heavy atom. The van der Waals surface area contributed by atoms with E-state index < -0.39 is 0 Å². The minimum Gasteiger partial charge on any atom is -0.496 e. The number of ether oxygens (including phenoxy) is 1. The van der Waals surface area contributed by atoms with E-state index in [2.05, 4.69) is 56.6 Å². The van der Waals surface area contributed by atoms with E-state index in [9.17, 15) is 0 Å². The molecule has 2 nitrogen and oxygen atoms in total. The van der Waals surface area contributed by atoms with Crippen molar-refractivity contribution < 1.29 is 4.74 Å². The van der Waals surface area contributed by atoms with Crippen LogP contribution in [0.2, 0.25) is 0 Å². The van der Waals surface area contributed by atoms with Gasteiger partial charge in [-0.3, -0.25) is 4.90 Å². The van der Waals surface area contributed by atoms with Crippen LogP contribution in [0.3, 0.4) is 0 Å². The molecule has 0 atom stereocenters. The number of hydrogen-bond acceptors (Lipinski definition) is 3. The molecular weight excluding hydrogens is 230 g/mol. The zero-order valence-electron chi connectivity index (χ0n) is 11.2. The van der Waals surface area contributed by atoms with E-state index in [4.69, 9.17) is 4.74 Å². The van der Waals surface area contributed by atoms with E-state index >= 15 is 0 Å². The number of rotatable bonds is 6. The highest BCUT2D eigenvalue weighted by atomic mass is 32.1. The second-order valence-electron chi connectivity index (χ2n) is 4.70. The smallest absolute Gasteiger partial charge is 0.122 e. The van der Waals surface area contributed by atoms with Gasteiger partial charge in [0.1, 0.15) is 5.75 Å². The molecule has 0 radical (unpaired) electrons. The maximum absolute atomic E-state index is 5.41. The van der Waals surface area contributed by atoms with Crippen LogP contribution in [0.1, 0.15) is 30.9 Å². The van der Waals surface area contributed by atoms with Crippen LogP contribution in [-0.4, -0.2) is 31.5 Å². The third-order valence-corrected chi connectivity index (χ3v) is 3.46. The Hall–Kier alpha value is -0.670. The van der Waals surface area contributed by atoms with Crippen molar-refractivity contribution in [3.8, 4) is 5.75 Å². The van der Waals surface area contributed by atoms with Crippen LogP contribution >= 0.6 is 12.6 Å². The van der Waals surface area contributed by atoms with Gasteiger partial charge in [0.2, 0.25) is 0 Å². The fourth-order valence-electron chi connectivity index (χ4n) is 1.74. The van der Waals surface area contributed by atoms with E-state index in [1.807, 2.05) is 0 Å². The summed E-state index contributed by atoms with van der Waals surface area (Å²) in [6.45, 7) is 5.43. The predicted octanol–water partition coefficient (Wildman–Crippen LogP) is 3.18. The molecule has 1 aromatic carbocycles. The minimum absolute atomic E-state index is 0.558. The summed E-state index contributed by atoms with van der Waals surface area (Å²) in [7, 11) is 3.81. The van der Waals surface area contributed by atoms with Crippen LogP contribution in [0.4, 0.5) is 0 Å². The molecule has 0 aromatic heterocycles. The highest BCUT2D eigenvalue weighted by Crippen LogP contribution is 2.24. The fourth-order valence-corrected chi connectivity index (χ4v) is 1.88. The van der Waals surface area contributed by atoms with Gasteiger partial charge in [0.15, 0.2) is 0 Å². The third-order valence-electron chi connectivity index (χ3n) is 2.98. The summed E-state index contributed by atoms with van der Waals surface area (Å²) in [4.78, 5) is 2.19. The summed E-state index contributed by atoms with van der Waals surface area (Å²) in [6, 6.07) is 6.48. The number of likely N-dealkylation sites (N-methyl/N-ethyl adjacent to an activating group) is 1. The van der Waals surface area contributed by atoms with Gasteiger partial charge in [-0.15, -0.1) is 0 Å². The van der Waals surface area contributed by atoms with Crippen LogP contribution in [0.5, 0.6) is 5.75 Å². The zero-order chi connectivity index (χ0) is 12.8. The molecular formula is C14H23NOS. The summed E-state index contributed by atoms with van der Waals surface area (Å²) in [5.74, 6) is 2.33. The molecule has 0 aliphatic heterocycles. The first-order chi connectivity index (χ1) is 8.08. The third kappa shape index (κ3) is 4.25. The van der Waals surface area contributed by atoms with E-state index in [0.717, 1.165) is 24.6 Å². The lowest BCUT2D eigenvalue weighted by Crippen LogP contribution is -2.19. The quantitative estimate of drug-likeness (QED) is 0.617. The Morgan fingerprint density at radius 3 is 2.59 bits per heavy atom. The molecule has 96 valence electrons. The normalized spacial score (nSPS) is 11.2. The van der Waals surface area contributed by atoms with Gasteiger partial charge >= 0.3 is 0 Å². The van der Waals surface area contributed by atoms with Crippen molar-refractivity contribution in [2.45, 2.75) is 26.2 Å². The second-order valence-corrected chi connectivity index (χ2v) is 4.98. The van der Waals surface area contributed by atoms with E-state index in [-0.39, 0.29) is 0 Å². The topological polar surface area (TPSA) is 12.5 Å². The molecule has 0 amide bonds. The van der Waals surface area contributed by atoms with Gasteiger partial charge in [-0.2, -0.15) is 12.6 Å². The summed E-state index contributed by atoms with van der Waals surface area (Å²) in [5, 5.41) is 0. The van der Waals surface area contributed by atoms with E-state index in [1.165, 1.54) is 11.1 Å². The van der Waals surface area contributed by atoms with Crippen LogP contribution in [0, 0.1) is 0 Å². The molecule has 0 aliphatic carbocycles. The second kappa shape index (κ2) is 6.92. The van der Waals surface area contributed by atoms with Crippen molar-refractivity contribution in [3.63, 3.8) is 0 Å². The van der Waals surface area contributed by atoms with Gasteiger partial charge in [-0.05, 0) is 36.6 Å². The van der Waals surface area contributed by atoms with Crippen LogP contribution < -0.4 is 4.74 Å². The van der Waals surface area contributed by atoms with Crippen molar-refractivity contribution in [2.24, 2.45) is 0 Å². The maximum Gasteiger partial charge on any atom is 0.122 e. The zero-order valence-corrected chi connectivity index (χ0v) is 12.1. The fraction of sp³-hybridized carbons (Fsp3) is 0.571. The lowest BCUT2D eigenvalue weighted by molar-refractivity contribution is 0.384. The van der Waals surface area contributed by atoms with Gasteiger partial charge in [0, 0.05) is 12.4 Å². The van der Waals surface area contributed by atoms with Gasteiger partial charge in [-0.25, -0.2) is 0 Å². The molecule has 3 heteroatoms. The maximum atomic E-state index is 5.41. The predicted molar refractivity (Wildman–Crippen MR) is 77.3 cm³/mol. The Kier molecular flexibility index (Phi) is 5.86. The monoisotopic (exact) mass is 253 g/mol. The molecule has 0 unspecified atom stereocenters.